The molecule has 0 aromatic carbocycles. The fraction of sp³-hybridized carbons (Fsp3) is 0.455. The van der Waals surface area contributed by atoms with E-state index < -0.39 is 4.92 Å². The third-order valence-electron chi connectivity index (χ3n) is 2.81. The van der Waals surface area contributed by atoms with Crippen molar-refractivity contribution in [1.82, 2.24) is 4.98 Å². The first kappa shape index (κ1) is 12.6. The van der Waals surface area contributed by atoms with Crippen molar-refractivity contribution in [2.24, 2.45) is 5.92 Å². The van der Waals surface area contributed by atoms with Crippen LogP contribution in [0.2, 0.25) is 0 Å². The van der Waals surface area contributed by atoms with Gasteiger partial charge in [-0.15, -0.1) is 0 Å². The van der Waals surface area contributed by atoms with E-state index in [1.165, 1.54) is 12.3 Å². The second-order valence-corrected chi connectivity index (χ2v) is 5.18. The van der Waals surface area contributed by atoms with E-state index in [1.54, 1.807) is 0 Å². The van der Waals surface area contributed by atoms with Gasteiger partial charge in [-0.3, -0.25) is 10.1 Å². The summed E-state index contributed by atoms with van der Waals surface area (Å²) >= 11 is 1.89. The van der Waals surface area contributed by atoms with E-state index in [-0.39, 0.29) is 17.1 Å². The monoisotopic (exact) mass is 264 g/mol. The molecule has 0 bridgehead atoms. The fourth-order valence-electron chi connectivity index (χ4n) is 1.84. The van der Waals surface area contributed by atoms with E-state index >= 15 is 0 Å². The summed E-state index contributed by atoms with van der Waals surface area (Å²) in [7, 11) is 0. The lowest BCUT2D eigenvalue weighted by Gasteiger charge is -2.10. The van der Waals surface area contributed by atoms with Crippen LogP contribution < -0.4 is 5.32 Å². The number of nitriles is 1. The lowest BCUT2D eigenvalue weighted by Crippen LogP contribution is -2.15. The molecule has 1 fully saturated rings. The van der Waals surface area contributed by atoms with Crippen molar-refractivity contribution in [2.75, 3.05) is 23.4 Å². The van der Waals surface area contributed by atoms with E-state index in [2.05, 4.69) is 10.3 Å². The van der Waals surface area contributed by atoms with E-state index in [0.717, 1.165) is 17.9 Å². The number of hydrogen-bond acceptors (Lipinski definition) is 6. The standard InChI is InChI=1S/C11H12N4O2S/c12-5-9-1-3-13-11(10(9)15(16)17)14-6-8-2-4-18-7-8/h1,3,8H,2,4,6-7H2,(H,13,14). The number of pyridine rings is 1. The van der Waals surface area contributed by atoms with Crippen LogP contribution in [0.25, 0.3) is 0 Å². The summed E-state index contributed by atoms with van der Waals surface area (Å²) < 4.78 is 0. The van der Waals surface area contributed by atoms with Crippen molar-refractivity contribution in [3.63, 3.8) is 0 Å². The highest BCUT2D eigenvalue weighted by molar-refractivity contribution is 7.99. The largest absolute Gasteiger partial charge is 0.364 e. The number of aromatic nitrogens is 1. The molecule has 0 saturated carbocycles. The van der Waals surface area contributed by atoms with Gasteiger partial charge in [-0.05, 0) is 29.9 Å². The number of nitro groups is 1. The highest BCUT2D eigenvalue weighted by Gasteiger charge is 2.22. The van der Waals surface area contributed by atoms with Crippen LogP contribution >= 0.6 is 11.8 Å². The molecule has 7 heteroatoms. The summed E-state index contributed by atoms with van der Waals surface area (Å²) in [5.41, 5.74) is -0.191. The first-order chi connectivity index (χ1) is 8.72. The molecule has 0 amide bonds. The zero-order valence-corrected chi connectivity index (χ0v) is 10.4. The molecule has 1 aliphatic rings. The molecule has 1 saturated heterocycles. The lowest BCUT2D eigenvalue weighted by molar-refractivity contribution is -0.384. The topological polar surface area (TPSA) is 91.8 Å². The van der Waals surface area contributed by atoms with Gasteiger partial charge in [-0.25, -0.2) is 4.98 Å². The zero-order chi connectivity index (χ0) is 13.0. The van der Waals surface area contributed by atoms with Crippen molar-refractivity contribution in [3.8, 4) is 6.07 Å². The van der Waals surface area contributed by atoms with Gasteiger partial charge >= 0.3 is 5.69 Å². The second kappa shape index (κ2) is 5.69. The van der Waals surface area contributed by atoms with Gasteiger partial charge in [0, 0.05) is 12.7 Å². The smallest absolute Gasteiger partial charge is 0.328 e. The van der Waals surface area contributed by atoms with Crippen molar-refractivity contribution in [3.05, 3.63) is 27.9 Å². The quantitative estimate of drug-likeness (QED) is 0.660. The maximum absolute atomic E-state index is 11.0. The van der Waals surface area contributed by atoms with Crippen LogP contribution in [0.4, 0.5) is 11.5 Å². The Hall–Kier alpha value is -1.81. The van der Waals surface area contributed by atoms with Crippen LogP contribution in [0.15, 0.2) is 12.3 Å². The van der Waals surface area contributed by atoms with Crippen LogP contribution in [0.3, 0.4) is 0 Å². The van der Waals surface area contributed by atoms with Crippen LogP contribution in [0.5, 0.6) is 0 Å². The first-order valence-corrected chi connectivity index (χ1v) is 6.73. The molecular weight excluding hydrogens is 252 g/mol. The average molecular weight is 264 g/mol. The molecule has 1 atom stereocenters. The van der Waals surface area contributed by atoms with Gasteiger partial charge in [0.25, 0.3) is 0 Å². The molecule has 1 unspecified atom stereocenters. The molecule has 2 rings (SSSR count). The highest BCUT2D eigenvalue weighted by atomic mass is 32.2. The van der Waals surface area contributed by atoms with Crippen molar-refractivity contribution < 1.29 is 4.92 Å². The minimum atomic E-state index is -0.558. The maximum Gasteiger partial charge on any atom is 0.328 e. The molecule has 2 heterocycles. The minimum Gasteiger partial charge on any atom is -0.364 e. The van der Waals surface area contributed by atoms with Crippen molar-refractivity contribution >= 4 is 23.3 Å². The Balaban J connectivity index is 2.16. The van der Waals surface area contributed by atoms with Gasteiger partial charge in [0.05, 0.1) is 4.92 Å². The van der Waals surface area contributed by atoms with Gasteiger partial charge in [-0.2, -0.15) is 17.0 Å². The Labute approximate surface area is 109 Å². The van der Waals surface area contributed by atoms with Gasteiger partial charge in [0.15, 0.2) is 0 Å². The highest BCUT2D eigenvalue weighted by Crippen LogP contribution is 2.28. The van der Waals surface area contributed by atoms with Crippen molar-refractivity contribution in [1.29, 1.82) is 5.26 Å². The fourth-order valence-corrected chi connectivity index (χ4v) is 3.13. The van der Waals surface area contributed by atoms with Crippen LogP contribution in [0.1, 0.15) is 12.0 Å². The summed E-state index contributed by atoms with van der Waals surface area (Å²) in [5, 5.41) is 22.8. The van der Waals surface area contributed by atoms with Crippen LogP contribution in [-0.2, 0) is 0 Å². The van der Waals surface area contributed by atoms with Gasteiger partial charge in [-0.1, -0.05) is 0 Å². The Morgan fingerprint density at radius 1 is 1.72 bits per heavy atom. The Kier molecular flexibility index (Phi) is 3.99. The molecule has 6 nitrogen and oxygen atoms in total. The molecule has 0 aliphatic carbocycles. The Morgan fingerprint density at radius 2 is 2.56 bits per heavy atom. The van der Waals surface area contributed by atoms with Crippen LogP contribution in [0, 0.1) is 27.4 Å². The first-order valence-electron chi connectivity index (χ1n) is 5.57. The molecule has 94 valence electrons. The van der Waals surface area contributed by atoms with E-state index in [4.69, 9.17) is 5.26 Å². The summed E-state index contributed by atoms with van der Waals surface area (Å²) in [6, 6.07) is 3.18. The predicted molar refractivity (Wildman–Crippen MR) is 69.5 cm³/mol. The SMILES string of the molecule is N#Cc1ccnc(NCC2CCSC2)c1[N+](=O)[O-]. The molecule has 1 aromatic rings. The van der Waals surface area contributed by atoms with E-state index in [9.17, 15) is 10.1 Å². The number of hydrogen-bond donors (Lipinski definition) is 1. The van der Waals surface area contributed by atoms with E-state index in [0.29, 0.717) is 12.5 Å². The number of thioether (sulfide) groups is 1. The summed E-state index contributed by atoms with van der Waals surface area (Å²) in [5.74, 6) is 2.91. The summed E-state index contributed by atoms with van der Waals surface area (Å²) in [6.45, 7) is 0.662. The second-order valence-electron chi connectivity index (χ2n) is 4.04. The van der Waals surface area contributed by atoms with Gasteiger partial charge in [0.2, 0.25) is 5.82 Å². The van der Waals surface area contributed by atoms with Gasteiger partial charge in [0.1, 0.15) is 11.6 Å². The number of nitrogens with zero attached hydrogens (tertiary/aromatic N) is 3. The summed E-state index contributed by atoms with van der Waals surface area (Å²) in [6.07, 6.45) is 2.53. The van der Waals surface area contributed by atoms with Crippen LogP contribution in [-0.4, -0.2) is 28.0 Å². The van der Waals surface area contributed by atoms with Crippen molar-refractivity contribution in [2.45, 2.75) is 6.42 Å². The zero-order valence-electron chi connectivity index (χ0n) is 9.63. The predicted octanol–water partition coefficient (Wildman–Crippen LogP) is 2.03. The Morgan fingerprint density at radius 3 is 3.17 bits per heavy atom. The number of anilines is 1. The van der Waals surface area contributed by atoms with E-state index in [1.807, 2.05) is 17.8 Å². The van der Waals surface area contributed by atoms with Gasteiger partial charge < -0.3 is 5.32 Å². The lowest BCUT2D eigenvalue weighted by atomic mass is 10.1. The molecule has 18 heavy (non-hydrogen) atoms. The molecule has 1 aliphatic heterocycles. The molecule has 1 aromatic heterocycles. The molecule has 1 N–H and O–H groups in total. The number of nitrogens with one attached hydrogen (secondary N) is 1. The third-order valence-corrected chi connectivity index (χ3v) is 4.04. The minimum absolute atomic E-state index is 0.0401. The Bertz CT molecular complexity index is 494. The third kappa shape index (κ3) is 2.71. The molecular formula is C11H12N4O2S. The maximum atomic E-state index is 11.0. The normalized spacial score (nSPS) is 18.3. The molecule has 0 radical (unpaired) electrons. The number of rotatable bonds is 4. The average Bonchev–Trinajstić information content (AvgIpc) is 2.88. The summed E-state index contributed by atoms with van der Waals surface area (Å²) in [4.78, 5) is 14.4. The molecule has 0 spiro atoms.